The van der Waals surface area contributed by atoms with Crippen molar-refractivity contribution in [3.8, 4) is 22.1 Å². The lowest BCUT2D eigenvalue weighted by Crippen LogP contribution is -1.98. The predicted molar refractivity (Wildman–Crippen MR) is 76.4 cm³/mol. The van der Waals surface area contributed by atoms with Crippen molar-refractivity contribution in [3.63, 3.8) is 0 Å². The minimum absolute atomic E-state index is 0.168. The van der Waals surface area contributed by atoms with Crippen molar-refractivity contribution in [1.82, 2.24) is 19.8 Å². The average Bonchev–Trinajstić information content (AvgIpc) is 2.98. The molecule has 0 saturated carbocycles. The van der Waals surface area contributed by atoms with E-state index in [0.29, 0.717) is 21.3 Å². The maximum absolute atomic E-state index is 9.99. The first-order valence-electron chi connectivity index (χ1n) is 6.19. The molecule has 7 heteroatoms. The minimum atomic E-state index is 0.168. The van der Waals surface area contributed by atoms with Crippen LogP contribution in [0.15, 0.2) is 18.2 Å². The summed E-state index contributed by atoms with van der Waals surface area (Å²) in [6.45, 7) is 4.08. The van der Waals surface area contributed by atoms with E-state index in [1.165, 1.54) is 11.3 Å². The second-order valence-corrected chi connectivity index (χ2v) is 5.65. The number of nitrogens with zero attached hydrogens (tertiary/aromatic N) is 4. The summed E-state index contributed by atoms with van der Waals surface area (Å²) in [4.78, 5) is 0.714. The van der Waals surface area contributed by atoms with Gasteiger partial charge in [-0.3, -0.25) is 0 Å². The van der Waals surface area contributed by atoms with Gasteiger partial charge in [-0.25, -0.2) is 0 Å². The third-order valence-corrected chi connectivity index (χ3v) is 3.90. The second-order valence-electron chi connectivity index (χ2n) is 4.70. The first-order valence-corrected chi connectivity index (χ1v) is 7.01. The zero-order valence-electron chi connectivity index (χ0n) is 11.4. The van der Waals surface area contributed by atoms with Gasteiger partial charge in [0, 0.05) is 5.92 Å². The molecule has 0 aliphatic carbocycles. The molecule has 0 bridgehead atoms. The van der Waals surface area contributed by atoms with E-state index in [4.69, 9.17) is 4.74 Å². The Hall–Kier alpha value is -2.15. The Kier molecular flexibility index (Phi) is 3.06. The van der Waals surface area contributed by atoms with Crippen molar-refractivity contribution >= 4 is 16.3 Å². The van der Waals surface area contributed by atoms with E-state index in [0.717, 1.165) is 5.82 Å². The van der Waals surface area contributed by atoms with E-state index in [9.17, 15) is 5.11 Å². The van der Waals surface area contributed by atoms with E-state index in [2.05, 4.69) is 15.3 Å². The SMILES string of the molecule is COc1ccc(O)c(-c2nn3c(C(C)C)nnc3s2)c1. The van der Waals surface area contributed by atoms with Gasteiger partial charge in [0.2, 0.25) is 4.96 Å². The van der Waals surface area contributed by atoms with Gasteiger partial charge in [0.05, 0.1) is 12.7 Å². The molecule has 104 valence electrons. The van der Waals surface area contributed by atoms with Crippen molar-refractivity contribution in [2.45, 2.75) is 19.8 Å². The minimum Gasteiger partial charge on any atom is -0.507 e. The van der Waals surface area contributed by atoms with Gasteiger partial charge in [-0.2, -0.15) is 9.61 Å². The zero-order chi connectivity index (χ0) is 14.3. The highest BCUT2D eigenvalue weighted by atomic mass is 32.1. The zero-order valence-corrected chi connectivity index (χ0v) is 12.2. The number of aromatic nitrogens is 4. The fourth-order valence-electron chi connectivity index (χ4n) is 1.91. The van der Waals surface area contributed by atoms with E-state index in [1.54, 1.807) is 29.8 Å². The fourth-order valence-corrected chi connectivity index (χ4v) is 2.79. The summed E-state index contributed by atoms with van der Waals surface area (Å²) < 4.78 is 6.91. The molecule has 1 aromatic carbocycles. The number of ether oxygens (including phenoxy) is 1. The van der Waals surface area contributed by atoms with E-state index in [-0.39, 0.29) is 11.7 Å². The first kappa shape index (κ1) is 12.9. The van der Waals surface area contributed by atoms with Crippen molar-refractivity contribution in [3.05, 3.63) is 24.0 Å². The molecule has 0 aliphatic rings. The van der Waals surface area contributed by atoms with Gasteiger partial charge in [0.25, 0.3) is 0 Å². The van der Waals surface area contributed by atoms with Crippen molar-refractivity contribution in [1.29, 1.82) is 0 Å². The molecule has 20 heavy (non-hydrogen) atoms. The molecule has 0 unspecified atom stereocenters. The molecule has 2 heterocycles. The average molecular weight is 290 g/mol. The summed E-state index contributed by atoms with van der Waals surface area (Å²) in [6, 6.07) is 5.06. The number of phenols is 1. The lowest BCUT2D eigenvalue weighted by atomic mass is 10.2. The van der Waals surface area contributed by atoms with Gasteiger partial charge in [-0.15, -0.1) is 10.2 Å². The molecule has 3 rings (SSSR count). The van der Waals surface area contributed by atoms with E-state index >= 15 is 0 Å². The number of methoxy groups -OCH3 is 1. The van der Waals surface area contributed by atoms with Crippen LogP contribution in [-0.2, 0) is 0 Å². The highest BCUT2D eigenvalue weighted by molar-refractivity contribution is 7.19. The molecular weight excluding hydrogens is 276 g/mol. The third kappa shape index (κ3) is 2.00. The molecular formula is C13H14N4O2S. The molecule has 0 saturated heterocycles. The van der Waals surface area contributed by atoms with Crippen LogP contribution >= 0.6 is 11.3 Å². The van der Waals surface area contributed by atoms with Crippen LogP contribution in [0.3, 0.4) is 0 Å². The quantitative estimate of drug-likeness (QED) is 0.803. The Morgan fingerprint density at radius 1 is 1.30 bits per heavy atom. The molecule has 0 amide bonds. The smallest absolute Gasteiger partial charge is 0.234 e. The number of rotatable bonds is 3. The molecule has 0 spiro atoms. The van der Waals surface area contributed by atoms with Gasteiger partial charge in [-0.1, -0.05) is 25.2 Å². The Bertz CT molecular complexity index is 763. The van der Waals surface area contributed by atoms with Crippen LogP contribution in [0.1, 0.15) is 25.6 Å². The molecule has 1 N–H and O–H groups in total. The van der Waals surface area contributed by atoms with Crippen LogP contribution in [0.5, 0.6) is 11.5 Å². The summed E-state index contributed by atoms with van der Waals surface area (Å²) >= 11 is 1.38. The van der Waals surface area contributed by atoms with Crippen LogP contribution in [0.2, 0.25) is 0 Å². The Morgan fingerprint density at radius 3 is 2.80 bits per heavy atom. The molecule has 0 aliphatic heterocycles. The van der Waals surface area contributed by atoms with Gasteiger partial charge in [-0.05, 0) is 18.2 Å². The number of benzene rings is 1. The van der Waals surface area contributed by atoms with Crippen LogP contribution in [0.4, 0.5) is 0 Å². The predicted octanol–water partition coefficient (Wildman–Crippen LogP) is 2.69. The van der Waals surface area contributed by atoms with Crippen molar-refractivity contribution in [2.75, 3.05) is 7.11 Å². The largest absolute Gasteiger partial charge is 0.507 e. The number of hydrogen-bond acceptors (Lipinski definition) is 6. The Morgan fingerprint density at radius 2 is 2.10 bits per heavy atom. The first-order chi connectivity index (χ1) is 9.60. The van der Waals surface area contributed by atoms with Gasteiger partial charge in [0.1, 0.15) is 11.5 Å². The van der Waals surface area contributed by atoms with Crippen LogP contribution < -0.4 is 4.74 Å². The number of hydrogen-bond donors (Lipinski definition) is 1. The fraction of sp³-hybridized carbons (Fsp3) is 0.308. The molecule has 0 radical (unpaired) electrons. The lowest BCUT2D eigenvalue weighted by molar-refractivity contribution is 0.412. The summed E-state index contributed by atoms with van der Waals surface area (Å²) in [6.07, 6.45) is 0. The van der Waals surface area contributed by atoms with Gasteiger partial charge < -0.3 is 9.84 Å². The summed E-state index contributed by atoms with van der Waals surface area (Å²) in [5.74, 6) is 1.89. The maximum atomic E-state index is 9.99. The van der Waals surface area contributed by atoms with Gasteiger partial charge >= 0.3 is 0 Å². The number of fused-ring (bicyclic) bond motifs is 1. The highest BCUT2D eigenvalue weighted by Crippen LogP contribution is 2.35. The van der Waals surface area contributed by atoms with E-state index in [1.807, 2.05) is 13.8 Å². The number of phenolic OH excluding ortho intramolecular Hbond substituents is 1. The Labute approximate surface area is 119 Å². The Balaban J connectivity index is 2.15. The third-order valence-electron chi connectivity index (χ3n) is 2.97. The second kappa shape index (κ2) is 4.75. The van der Waals surface area contributed by atoms with E-state index < -0.39 is 0 Å². The van der Waals surface area contributed by atoms with Crippen LogP contribution in [-0.4, -0.2) is 32.0 Å². The van der Waals surface area contributed by atoms with Crippen molar-refractivity contribution in [2.24, 2.45) is 0 Å². The monoisotopic (exact) mass is 290 g/mol. The lowest BCUT2D eigenvalue weighted by Gasteiger charge is -2.04. The molecule has 2 aromatic heterocycles. The normalized spacial score (nSPS) is 11.4. The molecule has 3 aromatic rings. The summed E-state index contributed by atoms with van der Waals surface area (Å²) in [7, 11) is 1.59. The topological polar surface area (TPSA) is 72.5 Å². The molecule has 0 atom stereocenters. The maximum Gasteiger partial charge on any atom is 0.234 e. The number of aromatic hydroxyl groups is 1. The van der Waals surface area contributed by atoms with Crippen LogP contribution in [0, 0.1) is 0 Å². The summed E-state index contributed by atoms with van der Waals surface area (Å²) in [5, 5.41) is 23.4. The molecule has 6 nitrogen and oxygen atoms in total. The highest BCUT2D eigenvalue weighted by Gasteiger charge is 2.17. The standard InChI is InChI=1S/C13H14N4O2S/c1-7(2)11-14-15-13-17(11)16-12(20-13)9-6-8(19-3)4-5-10(9)18/h4-7,18H,1-3H3. The summed E-state index contributed by atoms with van der Waals surface area (Å²) in [5.41, 5.74) is 0.634. The van der Waals surface area contributed by atoms with Crippen molar-refractivity contribution < 1.29 is 9.84 Å². The van der Waals surface area contributed by atoms with Gasteiger partial charge in [0.15, 0.2) is 10.8 Å². The van der Waals surface area contributed by atoms with Crippen LogP contribution in [0.25, 0.3) is 15.5 Å². The molecule has 0 fully saturated rings.